The van der Waals surface area contributed by atoms with Crippen LogP contribution in [0.5, 0.6) is 0 Å². The first-order valence-corrected chi connectivity index (χ1v) is 7.97. The number of imide groups is 1. The number of rotatable bonds is 4. The summed E-state index contributed by atoms with van der Waals surface area (Å²) in [4.78, 5) is 49.6. The van der Waals surface area contributed by atoms with Crippen molar-refractivity contribution in [3.05, 3.63) is 64.7 Å². The number of para-hydroxylation sites is 1. The highest BCUT2D eigenvalue weighted by Crippen LogP contribution is 2.26. The fourth-order valence-corrected chi connectivity index (χ4v) is 2.84. The maximum Gasteiger partial charge on any atom is 0.337 e. The topological polar surface area (TPSA) is 104 Å². The number of carboxylic acid groups (broad SMARTS) is 1. The maximum absolute atomic E-state index is 12.5. The molecule has 1 aliphatic rings. The van der Waals surface area contributed by atoms with E-state index in [1.807, 2.05) is 0 Å². The number of fused-ring (bicyclic) bond motifs is 1. The van der Waals surface area contributed by atoms with Gasteiger partial charge in [0.05, 0.1) is 22.4 Å². The van der Waals surface area contributed by atoms with E-state index in [2.05, 4.69) is 5.32 Å². The summed E-state index contributed by atoms with van der Waals surface area (Å²) in [6, 6.07) is 9.96. The summed E-state index contributed by atoms with van der Waals surface area (Å²) in [7, 11) is 0. The third kappa shape index (κ3) is 2.83. The normalized spacial score (nSPS) is 13.1. The molecule has 26 heavy (non-hydrogen) atoms. The molecule has 0 bridgehead atoms. The van der Waals surface area contributed by atoms with Gasteiger partial charge < -0.3 is 10.4 Å². The van der Waals surface area contributed by atoms with Crippen molar-refractivity contribution in [3.8, 4) is 0 Å². The zero-order valence-electron chi connectivity index (χ0n) is 14.1. The Morgan fingerprint density at radius 1 is 1.00 bits per heavy atom. The average molecular weight is 352 g/mol. The van der Waals surface area contributed by atoms with Crippen molar-refractivity contribution in [3.63, 3.8) is 0 Å². The average Bonchev–Trinajstić information content (AvgIpc) is 2.85. The highest BCUT2D eigenvalue weighted by molar-refractivity contribution is 6.22. The third-order valence-electron chi connectivity index (χ3n) is 4.10. The van der Waals surface area contributed by atoms with E-state index in [4.69, 9.17) is 0 Å². The summed E-state index contributed by atoms with van der Waals surface area (Å²) in [6.45, 7) is 3.47. The Labute approximate surface area is 149 Å². The fraction of sp³-hybridized carbons (Fsp3) is 0.158. The molecule has 0 spiro atoms. The summed E-state index contributed by atoms with van der Waals surface area (Å²) in [5.74, 6) is -2.56. The highest BCUT2D eigenvalue weighted by atomic mass is 16.4. The van der Waals surface area contributed by atoms with E-state index in [1.54, 1.807) is 26.0 Å². The van der Waals surface area contributed by atoms with E-state index in [0.717, 1.165) is 4.90 Å². The van der Waals surface area contributed by atoms with Crippen LogP contribution in [0.2, 0.25) is 0 Å². The first-order chi connectivity index (χ1) is 12.3. The van der Waals surface area contributed by atoms with Gasteiger partial charge in [0, 0.05) is 11.6 Å². The van der Waals surface area contributed by atoms with Crippen molar-refractivity contribution in [2.45, 2.75) is 19.9 Å². The van der Waals surface area contributed by atoms with Gasteiger partial charge in [-0.3, -0.25) is 19.3 Å². The van der Waals surface area contributed by atoms with Crippen LogP contribution in [0.3, 0.4) is 0 Å². The van der Waals surface area contributed by atoms with Crippen LogP contribution in [-0.4, -0.2) is 39.7 Å². The van der Waals surface area contributed by atoms with Crippen LogP contribution < -0.4 is 5.32 Å². The molecule has 2 N–H and O–H groups in total. The molecule has 2 aromatic carbocycles. The van der Waals surface area contributed by atoms with Crippen LogP contribution in [0, 0.1) is 0 Å². The lowest BCUT2D eigenvalue weighted by molar-refractivity contribution is 0.0607. The molecular weight excluding hydrogens is 336 g/mol. The number of hydrogen-bond acceptors (Lipinski definition) is 4. The second-order valence-electron chi connectivity index (χ2n) is 6.14. The molecule has 0 saturated heterocycles. The van der Waals surface area contributed by atoms with Gasteiger partial charge in [0.15, 0.2) is 0 Å². The van der Waals surface area contributed by atoms with Crippen LogP contribution in [0.4, 0.5) is 5.69 Å². The summed E-state index contributed by atoms with van der Waals surface area (Å²) < 4.78 is 0. The second-order valence-corrected chi connectivity index (χ2v) is 6.14. The number of carbonyl (C=O) groups excluding carboxylic acids is 3. The van der Waals surface area contributed by atoms with E-state index in [0.29, 0.717) is 0 Å². The van der Waals surface area contributed by atoms with E-state index < -0.39 is 17.8 Å². The van der Waals surface area contributed by atoms with Crippen molar-refractivity contribution < 1.29 is 24.3 Å². The predicted octanol–water partition coefficient (Wildman–Crippen LogP) is 2.64. The van der Waals surface area contributed by atoms with Crippen molar-refractivity contribution in [2.24, 2.45) is 0 Å². The first kappa shape index (κ1) is 17.3. The molecule has 1 aliphatic heterocycles. The molecule has 0 unspecified atom stereocenters. The van der Waals surface area contributed by atoms with Gasteiger partial charge in [-0.2, -0.15) is 0 Å². The predicted molar refractivity (Wildman–Crippen MR) is 93.4 cm³/mol. The number of hydrogen-bond donors (Lipinski definition) is 2. The van der Waals surface area contributed by atoms with Gasteiger partial charge in [0.2, 0.25) is 0 Å². The van der Waals surface area contributed by atoms with Gasteiger partial charge in [-0.15, -0.1) is 0 Å². The number of carboxylic acids is 1. The zero-order chi connectivity index (χ0) is 19.0. The van der Waals surface area contributed by atoms with Gasteiger partial charge in [0.25, 0.3) is 17.7 Å². The Bertz CT molecular complexity index is 949. The minimum atomic E-state index is -1.16. The van der Waals surface area contributed by atoms with Gasteiger partial charge >= 0.3 is 5.97 Å². The van der Waals surface area contributed by atoms with Crippen LogP contribution in [0.1, 0.15) is 55.3 Å². The van der Waals surface area contributed by atoms with Gasteiger partial charge in [-0.05, 0) is 44.2 Å². The van der Waals surface area contributed by atoms with Crippen molar-refractivity contribution in [1.29, 1.82) is 0 Å². The quantitative estimate of drug-likeness (QED) is 0.823. The smallest absolute Gasteiger partial charge is 0.337 e. The molecule has 132 valence electrons. The molecule has 7 heteroatoms. The Balaban J connectivity index is 1.91. The Kier molecular flexibility index (Phi) is 4.29. The SMILES string of the molecule is CC(C)N1C(=O)c2ccc(C(=O)Nc3ccccc3C(=O)O)cc2C1=O. The van der Waals surface area contributed by atoms with Crippen LogP contribution >= 0.6 is 0 Å². The van der Waals surface area contributed by atoms with E-state index in [9.17, 15) is 24.3 Å². The first-order valence-electron chi connectivity index (χ1n) is 7.97. The Hall–Kier alpha value is -3.48. The summed E-state index contributed by atoms with van der Waals surface area (Å²) in [6.07, 6.45) is 0. The number of amides is 3. The maximum atomic E-state index is 12.5. The standard InChI is InChI=1S/C19H16N2O5/c1-10(2)21-17(23)12-8-7-11(9-14(12)18(21)24)16(22)20-15-6-4-3-5-13(15)19(25)26/h3-10H,1-2H3,(H,20,22)(H,25,26). The molecule has 1 heterocycles. The number of aromatic carboxylic acids is 1. The molecule has 3 amide bonds. The monoisotopic (exact) mass is 352 g/mol. The second kappa shape index (κ2) is 6.44. The minimum absolute atomic E-state index is 0.0424. The molecule has 3 rings (SSSR count). The lowest BCUT2D eigenvalue weighted by Gasteiger charge is -2.17. The molecule has 0 radical (unpaired) electrons. The van der Waals surface area contributed by atoms with Crippen LogP contribution in [0.15, 0.2) is 42.5 Å². The fourth-order valence-electron chi connectivity index (χ4n) is 2.84. The van der Waals surface area contributed by atoms with Crippen LogP contribution in [-0.2, 0) is 0 Å². The summed E-state index contributed by atoms with van der Waals surface area (Å²) in [5, 5.41) is 11.7. The lowest BCUT2D eigenvalue weighted by Crippen LogP contribution is -2.35. The van der Waals surface area contributed by atoms with Crippen molar-refractivity contribution >= 4 is 29.4 Å². The zero-order valence-corrected chi connectivity index (χ0v) is 14.1. The summed E-state index contributed by atoms with van der Waals surface area (Å²) in [5.41, 5.74) is 0.695. The van der Waals surface area contributed by atoms with Gasteiger partial charge in [-0.25, -0.2) is 4.79 Å². The molecule has 2 aromatic rings. The number of nitrogens with one attached hydrogen (secondary N) is 1. The Morgan fingerprint density at radius 2 is 1.65 bits per heavy atom. The Morgan fingerprint density at radius 3 is 2.31 bits per heavy atom. The molecule has 0 aromatic heterocycles. The van der Waals surface area contributed by atoms with Crippen LogP contribution in [0.25, 0.3) is 0 Å². The lowest BCUT2D eigenvalue weighted by atomic mass is 10.0. The van der Waals surface area contributed by atoms with E-state index in [-0.39, 0.29) is 39.9 Å². The molecule has 0 aliphatic carbocycles. The molecule has 0 fully saturated rings. The largest absolute Gasteiger partial charge is 0.478 e. The molecule has 0 saturated carbocycles. The summed E-state index contributed by atoms with van der Waals surface area (Å²) >= 11 is 0. The molecular formula is C19H16N2O5. The minimum Gasteiger partial charge on any atom is -0.478 e. The molecule has 0 atom stereocenters. The number of anilines is 1. The van der Waals surface area contributed by atoms with Gasteiger partial charge in [0.1, 0.15) is 0 Å². The van der Waals surface area contributed by atoms with E-state index >= 15 is 0 Å². The van der Waals surface area contributed by atoms with E-state index in [1.165, 1.54) is 30.3 Å². The van der Waals surface area contributed by atoms with Gasteiger partial charge in [-0.1, -0.05) is 12.1 Å². The highest BCUT2D eigenvalue weighted by Gasteiger charge is 2.37. The number of benzene rings is 2. The number of carbonyl (C=O) groups is 4. The number of nitrogens with zero attached hydrogens (tertiary/aromatic N) is 1. The van der Waals surface area contributed by atoms with Crippen molar-refractivity contribution in [2.75, 3.05) is 5.32 Å². The van der Waals surface area contributed by atoms with Crippen molar-refractivity contribution in [1.82, 2.24) is 4.90 Å². The molecule has 7 nitrogen and oxygen atoms in total. The third-order valence-corrected chi connectivity index (χ3v) is 4.10.